The van der Waals surface area contributed by atoms with Crippen molar-refractivity contribution in [1.29, 1.82) is 0 Å². The summed E-state index contributed by atoms with van der Waals surface area (Å²) in [4.78, 5) is 8.85. The van der Waals surface area contributed by atoms with Crippen molar-refractivity contribution in [2.45, 2.75) is 50.4 Å². The Hall–Kier alpha value is -3.60. The lowest BCUT2D eigenvalue weighted by molar-refractivity contribution is -0.133. The molecule has 0 radical (unpaired) electrons. The topological polar surface area (TPSA) is 81.8 Å². The van der Waals surface area contributed by atoms with Gasteiger partial charge in [0.2, 0.25) is 0 Å². The molecule has 4 aromatic rings. The number of fused-ring (bicyclic) bond motifs is 1. The molecule has 36 heavy (non-hydrogen) atoms. The Labute approximate surface area is 206 Å². The van der Waals surface area contributed by atoms with Gasteiger partial charge in [-0.15, -0.1) is 5.10 Å². The fraction of sp³-hybridized carbons (Fsp3) is 0.400. The average Bonchev–Trinajstić information content (AvgIpc) is 3.47. The molecule has 0 aliphatic heterocycles. The zero-order valence-electron chi connectivity index (χ0n) is 19.9. The van der Waals surface area contributed by atoms with Crippen molar-refractivity contribution in [3.63, 3.8) is 0 Å². The highest BCUT2D eigenvalue weighted by molar-refractivity contribution is 5.91. The number of aryl methyl sites for hydroxylation is 1. The molecule has 5 rings (SSSR count). The Kier molecular flexibility index (Phi) is 6.82. The van der Waals surface area contributed by atoms with Crippen molar-refractivity contribution in [2.24, 2.45) is 7.05 Å². The van der Waals surface area contributed by atoms with E-state index < -0.39 is 12.6 Å². The van der Waals surface area contributed by atoms with Crippen LogP contribution in [0.25, 0.3) is 16.9 Å². The highest BCUT2D eigenvalue weighted by atomic mass is 19.4. The first-order valence-electron chi connectivity index (χ1n) is 12.0. The van der Waals surface area contributed by atoms with Gasteiger partial charge < -0.3 is 19.9 Å². The van der Waals surface area contributed by atoms with Gasteiger partial charge in [0.25, 0.3) is 0 Å². The quantitative estimate of drug-likeness (QED) is 0.350. The maximum absolute atomic E-state index is 12.4. The van der Waals surface area contributed by atoms with Crippen LogP contribution in [0.5, 0.6) is 5.75 Å². The third kappa shape index (κ3) is 5.78. The number of pyridine rings is 1. The number of nitrogens with one attached hydrogen (secondary N) is 2. The zero-order valence-corrected chi connectivity index (χ0v) is 19.9. The number of ether oxygens (including phenoxy) is 1. The summed E-state index contributed by atoms with van der Waals surface area (Å²) >= 11 is 0. The van der Waals surface area contributed by atoms with Crippen molar-refractivity contribution in [1.82, 2.24) is 29.6 Å². The van der Waals surface area contributed by atoms with Gasteiger partial charge in [-0.1, -0.05) is 6.07 Å². The zero-order chi connectivity index (χ0) is 25.1. The average molecular weight is 500 g/mol. The second-order valence-corrected chi connectivity index (χ2v) is 9.06. The summed E-state index contributed by atoms with van der Waals surface area (Å²) in [5.74, 6) is 2.08. The maximum atomic E-state index is 12.4. The molecule has 1 aliphatic rings. The summed E-state index contributed by atoms with van der Waals surface area (Å²) in [5.41, 5.74) is 2.49. The maximum Gasteiger partial charge on any atom is 0.390 e. The third-order valence-corrected chi connectivity index (χ3v) is 6.36. The molecule has 0 atom stereocenters. The van der Waals surface area contributed by atoms with E-state index in [9.17, 15) is 13.2 Å². The van der Waals surface area contributed by atoms with Gasteiger partial charge >= 0.3 is 6.18 Å². The van der Waals surface area contributed by atoms with Crippen LogP contribution < -0.4 is 15.4 Å². The summed E-state index contributed by atoms with van der Waals surface area (Å²) in [7, 11) is 1.93. The van der Waals surface area contributed by atoms with Gasteiger partial charge in [-0.3, -0.25) is 0 Å². The minimum Gasteiger partial charge on any atom is -0.490 e. The second-order valence-electron chi connectivity index (χ2n) is 9.06. The van der Waals surface area contributed by atoms with Crippen LogP contribution in [0.15, 0.2) is 55.1 Å². The van der Waals surface area contributed by atoms with Crippen molar-refractivity contribution >= 4 is 22.5 Å². The van der Waals surface area contributed by atoms with Gasteiger partial charge in [-0.2, -0.15) is 13.2 Å². The normalized spacial score (nSPS) is 18.4. The molecule has 0 unspecified atom stereocenters. The van der Waals surface area contributed by atoms with Crippen LogP contribution >= 0.6 is 0 Å². The number of alkyl halides is 3. The number of anilines is 2. The number of nitrogens with zero attached hydrogens (tertiary/aromatic N) is 5. The molecular formula is C25H28F3N7O. The first-order valence-corrected chi connectivity index (χ1v) is 12.0. The molecule has 0 spiro atoms. The van der Waals surface area contributed by atoms with Crippen LogP contribution in [0, 0.1) is 0 Å². The predicted octanol–water partition coefficient (Wildman–Crippen LogP) is 5.13. The van der Waals surface area contributed by atoms with E-state index in [1.165, 1.54) is 0 Å². The highest BCUT2D eigenvalue weighted by Gasteiger charge is 2.28. The van der Waals surface area contributed by atoms with E-state index >= 15 is 0 Å². The van der Waals surface area contributed by atoms with Crippen LogP contribution in [-0.2, 0) is 7.05 Å². The van der Waals surface area contributed by atoms with Crippen molar-refractivity contribution < 1.29 is 17.9 Å². The van der Waals surface area contributed by atoms with Crippen molar-refractivity contribution in [3.8, 4) is 11.6 Å². The number of aromatic nitrogens is 5. The molecule has 0 saturated heterocycles. The van der Waals surface area contributed by atoms with Gasteiger partial charge in [0, 0.05) is 50.2 Å². The number of benzene rings is 1. The van der Waals surface area contributed by atoms with E-state index in [2.05, 4.69) is 25.7 Å². The molecule has 0 bridgehead atoms. The van der Waals surface area contributed by atoms with Crippen LogP contribution in [0.1, 0.15) is 32.1 Å². The molecule has 3 heterocycles. The molecule has 1 fully saturated rings. The minimum absolute atomic E-state index is 0.00700. The monoisotopic (exact) mass is 499 g/mol. The van der Waals surface area contributed by atoms with Crippen LogP contribution in [0.2, 0.25) is 0 Å². The molecule has 1 aromatic carbocycles. The lowest BCUT2D eigenvalue weighted by atomic mass is 9.93. The van der Waals surface area contributed by atoms with E-state index in [1.807, 2.05) is 54.2 Å². The van der Waals surface area contributed by atoms with Crippen molar-refractivity contribution in [3.05, 3.63) is 55.1 Å². The summed E-state index contributed by atoms with van der Waals surface area (Å²) < 4.78 is 47.2. The SMILES string of the molecule is Cn1cnc2c(Nc3ccn(-c4ccccn4)n3)cc(OC3CCC(NCCC(F)(F)F)CC3)cc21. The Balaban J connectivity index is 1.26. The standard InChI is InChI=1S/C25H28F3N7O/c1-34-16-31-24-20(32-22-9-13-35(33-22)23-4-2-3-11-30-23)14-19(15-21(24)34)36-18-7-5-17(6-8-18)29-12-10-25(26,27)28/h2-4,9,11,13-18,29H,5-8,10,12H2,1H3,(H,32,33). The molecule has 1 aliphatic carbocycles. The number of rotatable bonds is 8. The molecule has 8 nitrogen and oxygen atoms in total. The summed E-state index contributed by atoms with van der Waals surface area (Å²) in [6, 6.07) is 11.5. The summed E-state index contributed by atoms with van der Waals surface area (Å²) in [6.07, 6.45) is 3.52. The molecule has 2 N–H and O–H groups in total. The van der Waals surface area contributed by atoms with Gasteiger partial charge in [-0.05, 0) is 37.8 Å². The Morgan fingerprint density at radius 1 is 1.08 bits per heavy atom. The van der Waals surface area contributed by atoms with E-state index in [4.69, 9.17) is 4.74 Å². The molecule has 1 saturated carbocycles. The highest BCUT2D eigenvalue weighted by Crippen LogP contribution is 2.32. The smallest absolute Gasteiger partial charge is 0.390 e. The van der Waals surface area contributed by atoms with E-state index in [-0.39, 0.29) is 18.7 Å². The lowest BCUT2D eigenvalue weighted by Gasteiger charge is -2.30. The molecule has 0 amide bonds. The van der Waals surface area contributed by atoms with Gasteiger partial charge in [0.15, 0.2) is 11.6 Å². The fourth-order valence-corrected chi connectivity index (χ4v) is 4.51. The van der Waals surface area contributed by atoms with Gasteiger partial charge in [0.05, 0.1) is 30.1 Å². The summed E-state index contributed by atoms with van der Waals surface area (Å²) in [6.45, 7) is -0.0397. The van der Waals surface area contributed by atoms with Gasteiger partial charge in [-0.25, -0.2) is 14.6 Å². The van der Waals surface area contributed by atoms with Crippen LogP contribution in [0.4, 0.5) is 24.7 Å². The molecule has 190 valence electrons. The van der Waals surface area contributed by atoms with E-state index in [0.717, 1.165) is 42.4 Å². The lowest BCUT2D eigenvalue weighted by Crippen LogP contribution is -2.37. The Morgan fingerprint density at radius 2 is 1.92 bits per heavy atom. The molecular weight excluding hydrogens is 471 g/mol. The van der Waals surface area contributed by atoms with Crippen molar-refractivity contribution in [2.75, 3.05) is 11.9 Å². The van der Waals surface area contributed by atoms with E-state index in [1.54, 1.807) is 17.2 Å². The fourth-order valence-electron chi connectivity index (χ4n) is 4.51. The minimum atomic E-state index is -4.12. The first kappa shape index (κ1) is 24.1. The molecule has 3 aromatic heterocycles. The second kappa shape index (κ2) is 10.2. The number of hydrogen-bond donors (Lipinski definition) is 2. The van der Waals surface area contributed by atoms with E-state index in [0.29, 0.717) is 17.4 Å². The first-order chi connectivity index (χ1) is 17.3. The summed E-state index contributed by atoms with van der Waals surface area (Å²) in [5, 5.41) is 11.0. The van der Waals surface area contributed by atoms with Crippen LogP contribution in [0.3, 0.4) is 0 Å². The number of halogens is 3. The number of imidazole rings is 1. The Bertz CT molecular complexity index is 1290. The number of hydrogen-bond acceptors (Lipinski definition) is 6. The third-order valence-electron chi connectivity index (χ3n) is 6.36. The largest absolute Gasteiger partial charge is 0.490 e. The molecule has 11 heteroatoms. The predicted molar refractivity (Wildman–Crippen MR) is 131 cm³/mol. The van der Waals surface area contributed by atoms with Gasteiger partial charge in [0.1, 0.15) is 11.3 Å². The Morgan fingerprint density at radius 3 is 2.67 bits per heavy atom. The van der Waals surface area contributed by atoms with Crippen LogP contribution in [-0.4, -0.2) is 49.2 Å².